The molecule has 186 valence electrons. The molecule has 1 amide bonds. The number of ether oxygens (including phenoxy) is 1. The van der Waals surface area contributed by atoms with E-state index in [-0.39, 0.29) is 11.4 Å². The molecule has 0 radical (unpaired) electrons. The summed E-state index contributed by atoms with van der Waals surface area (Å²) in [5, 5.41) is 0.813. The van der Waals surface area contributed by atoms with Gasteiger partial charge in [0.15, 0.2) is 0 Å². The molecule has 0 unspecified atom stereocenters. The van der Waals surface area contributed by atoms with E-state index in [1.54, 1.807) is 7.11 Å². The number of imidazole rings is 1. The molecule has 3 heterocycles. The summed E-state index contributed by atoms with van der Waals surface area (Å²) in [6.07, 6.45) is 2.71. The van der Waals surface area contributed by atoms with Crippen LogP contribution in [0.2, 0.25) is 0 Å². The number of nitrogens with zero attached hydrogens (tertiary/aromatic N) is 3. The highest BCUT2D eigenvalue weighted by Crippen LogP contribution is 2.45. The number of rotatable bonds is 5. The molecule has 7 heteroatoms. The van der Waals surface area contributed by atoms with Gasteiger partial charge in [0.25, 0.3) is 0 Å². The Morgan fingerprint density at radius 1 is 1.17 bits per heavy atom. The SMILES string of the molecule is COc1ccc2c(c1)[C@H](C)CC(C)(C)N2C(=O)CSc1ccc(-c2nc3cc(C)c(C)cc3[nH]2)cn1. The van der Waals surface area contributed by atoms with Crippen molar-refractivity contribution in [3.05, 3.63) is 65.4 Å². The lowest BCUT2D eigenvalue weighted by Crippen LogP contribution is -2.52. The van der Waals surface area contributed by atoms with Gasteiger partial charge in [-0.1, -0.05) is 18.7 Å². The Balaban J connectivity index is 1.32. The third kappa shape index (κ3) is 4.48. The van der Waals surface area contributed by atoms with Crippen molar-refractivity contribution in [1.82, 2.24) is 15.0 Å². The second-order valence-corrected chi connectivity index (χ2v) is 11.3. The molecule has 1 aliphatic rings. The van der Waals surface area contributed by atoms with E-state index in [0.29, 0.717) is 11.7 Å². The molecule has 0 bridgehead atoms. The molecule has 5 rings (SSSR count). The summed E-state index contributed by atoms with van der Waals surface area (Å²) < 4.78 is 5.43. The van der Waals surface area contributed by atoms with Gasteiger partial charge in [-0.3, -0.25) is 4.79 Å². The minimum atomic E-state index is -0.270. The molecular weight excluding hydrogens is 468 g/mol. The van der Waals surface area contributed by atoms with Gasteiger partial charge in [0, 0.05) is 23.0 Å². The van der Waals surface area contributed by atoms with E-state index >= 15 is 0 Å². The van der Waals surface area contributed by atoms with Gasteiger partial charge in [-0.2, -0.15) is 0 Å². The molecule has 2 aromatic heterocycles. The van der Waals surface area contributed by atoms with Crippen LogP contribution >= 0.6 is 11.8 Å². The van der Waals surface area contributed by atoms with Crippen molar-refractivity contribution in [1.29, 1.82) is 0 Å². The third-order valence-corrected chi connectivity index (χ3v) is 8.05. The largest absolute Gasteiger partial charge is 0.497 e. The number of benzene rings is 2. The van der Waals surface area contributed by atoms with E-state index in [9.17, 15) is 4.79 Å². The van der Waals surface area contributed by atoms with Crippen LogP contribution in [0.4, 0.5) is 5.69 Å². The van der Waals surface area contributed by atoms with Crippen LogP contribution in [0.5, 0.6) is 5.75 Å². The number of hydrogen-bond donors (Lipinski definition) is 1. The first-order chi connectivity index (χ1) is 17.2. The van der Waals surface area contributed by atoms with Crippen LogP contribution < -0.4 is 9.64 Å². The van der Waals surface area contributed by atoms with E-state index in [4.69, 9.17) is 9.72 Å². The van der Waals surface area contributed by atoms with Gasteiger partial charge in [0.2, 0.25) is 5.91 Å². The summed E-state index contributed by atoms with van der Waals surface area (Å²) in [5.74, 6) is 2.37. The van der Waals surface area contributed by atoms with Gasteiger partial charge < -0.3 is 14.6 Å². The van der Waals surface area contributed by atoms with Crippen molar-refractivity contribution in [2.75, 3.05) is 17.8 Å². The zero-order valence-electron chi connectivity index (χ0n) is 21.7. The van der Waals surface area contributed by atoms with Gasteiger partial charge in [0.1, 0.15) is 11.6 Å². The summed E-state index contributed by atoms with van der Waals surface area (Å²) in [6, 6.07) is 14.2. The number of H-pyrrole nitrogens is 1. The molecule has 2 aromatic carbocycles. The number of amides is 1. The maximum Gasteiger partial charge on any atom is 0.237 e. The Morgan fingerprint density at radius 2 is 1.94 bits per heavy atom. The fourth-order valence-electron chi connectivity index (χ4n) is 5.22. The molecule has 0 spiro atoms. The van der Waals surface area contributed by atoms with E-state index in [0.717, 1.165) is 50.9 Å². The molecule has 0 saturated heterocycles. The van der Waals surface area contributed by atoms with E-state index < -0.39 is 0 Å². The number of aromatic amines is 1. The van der Waals surface area contributed by atoms with Crippen LogP contribution in [-0.4, -0.2) is 39.3 Å². The van der Waals surface area contributed by atoms with Crippen LogP contribution in [0.25, 0.3) is 22.4 Å². The Kier molecular flexibility index (Phi) is 6.29. The Labute approximate surface area is 216 Å². The minimum absolute atomic E-state index is 0.0808. The van der Waals surface area contributed by atoms with E-state index in [2.05, 4.69) is 62.8 Å². The number of aromatic nitrogens is 3. The lowest BCUT2D eigenvalue weighted by Gasteiger charge is -2.46. The van der Waals surface area contributed by atoms with Gasteiger partial charge in [-0.05, 0) is 99.2 Å². The van der Waals surface area contributed by atoms with Crippen LogP contribution in [0.15, 0.2) is 53.7 Å². The van der Waals surface area contributed by atoms with Crippen molar-refractivity contribution in [2.45, 2.75) is 57.5 Å². The number of hydrogen-bond acceptors (Lipinski definition) is 5. The summed E-state index contributed by atoms with van der Waals surface area (Å²) in [4.78, 5) is 28.2. The summed E-state index contributed by atoms with van der Waals surface area (Å²) in [5.41, 5.74) is 7.22. The predicted octanol–water partition coefficient (Wildman–Crippen LogP) is 6.66. The number of thioether (sulfide) groups is 1. The van der Waals surface area contributed by atoms with Gasteiger partial charge in [-0.25, -0.2) is 9.97 Å². The fourth-order valence-corrected chi connectivity index (χ4v) is 5.91. The first-order valence-corrected chi connectivity index (χ1v) is 13.2. The van der Waals surface area contributed by atoms with Gasteiger partial charge in [0.05, 0.1) is 28.9 Å². The standard InChI is InChI=1S/C29H32N4O2S/c1-17-11-23-24(12-18(17)2)32-28(31-23)20-7-10-26(30-15-20)36-16-27(34)33-25-9-8-21(35-6)13-22(25)19(3)14-29(33,4)5/h7-13,15,19H,14,16H2,1-6H3,(H,31,32)/t19-/m1/s1. The molecule has 1 aliphatic heterocycles. The van der Waals surface area contributed by atoms with Gasteiger partial charge >= 0.3 is 0 Å². The van der Waals surface area contributed by atoms with Crippen LogP contribution in [0, 0.1) is 13.8 Å². The van der Waals surface area contributed by atoms with E-state index in [1.165, 1.54) is 22.9 Å². The topological polar surface area (TPSA) is 71.1 Å². The molecule has 0 aliphatic carbocycles. The van der Waals surface area contributed by atoms with Crippen LogP contribution in [0.1, 0.15) is 49.8 Å². The van der Waals surface area contributed by atoms with E-state index in [1.807, 2.05) is 35.4 Å². The lowest BCUT2D eigenvalue weighted by molar-refractivity contribution is -0.117. The number of aryl methyl sites for hydroxylation is 2. The first-order valence-electron chi connectivity index (χ1n) is 12.2. The maximum absolute atomic E-state index is 13.5. The molecule has 0 saturated carbocycles. The second kappa shape index (κ2) is 9.28. The first kappa shape index (κ1) is 24.4. The molecular formula is C29H32N4O2S. The highest BCUT2D eigenvalue weighted by atomic mass is 32.2. The second-order valence-electron chi connectivity index (χ2n) is 10.3. The van der Waals surface area contributed by atoms with Crippen LogP contribution in [0.3, 0.4) is 0 Å². The van der Waals surface area contributed by atoms with Gasteiger partial charge in [-0.15, -0.1) is 0 Å². The number of carbonyl (C=O) groups excluding carboxylic acids is 1. The number of carbonyl (C=O) groups is 1. The molecule has 36 heavy (non-hydrogen) atoms. The zero-order valence-corrected chi connectivity index (χ0v) is 22.5. The highest BCUT2D eigenvalue weighted by Gasteiger charge is 2.39. The molecule has 0 fully saturated rings. The minimum Gasteiger partial charge on any atom is -0.497 e. The Morgan fingerprint density at radius 3 is 2.67 bits per heavy atom. The average molecular weight is 501 g/mol. The number of nitrogens with one attached hydrogen (secondary N) is 1. The number of methoxy groups -OCH3 is 1. The average Bonchev–Trinajstić information content (AvgIpc) is 3.25. The zero-order chi connectivity index (χ0) is 25.6. The highest BCUT2D eigenvalue weighted by molar-refractivity contribution is 7.99. The quantitative estimate of drug-likeness (QED) is 0.310. The summed E-state index contributed by atoms with van der Waals surface area (Å²) in [7, 11) is 1.67. The molecule has 6 nitrogen and oxygen atoms in total. The third-order valence-electron chi connectivity index (χ3n) is 7.12. The maximum atomic E-state index is 13.5. The predicted molar refractivity (Wildman–Crippen MR) is 147 cm³/mol. The van der Waals surface area contributed by atoms with Crippen molar-refractivity contribution in [3.63, 3.8) is 0 Å². The smallest absolute Gasteiger partial charge is 0.237 e. The summed E-state index contributed by atoms with van der Waals surface area (Å²) >= 11 is 1.46. The summed E-state index contributed by atoms with van der Waals surface area (Å²) in [6.45, 7) is 10.7. The van der Waals surface area contributed by atoms with Crippen molar-refractivity contribution < 1.29 is 9.53 Å². The Hall–Kier alpha value is -3.32. The fraction of sp³-hybridized carbons (Fsp3) is 0.345. The van der Waals surface area contributed by atoms with Crippen molar-refractivity contribution >= 4 is 34.4 Å². The number of fused-ring (bicyclic) bond motifs is 2. The number of pyridine rings is 1. The Bertz CT molecular complexity index is 1400. The molecule has 1 N–H and O–H groups in total. The normalized spacial score (nSPS) is 16.7. The van der Waals surface area contributed by atoms with Crippen LogP contribution in [-0.2, 0) is 4.79 Å². The monoisotopic (exact) mass is 500 g/mol. The lowest BCUT2D eigenvalue weighted by atomic mass is 9.80. The van der Waals surface area contributed by atoms with Crippen molar-refractivity contribution in [2.24, 2.45) is 0 Å². The molecule has 4 aromatic rings. The van der Waals surface area contributed by atoms with Crippen molar-refractivity contribution in [3.8, 4) is 17.1 Å². The number of anilines is 1. The molecule has 1 atom stereocenters.